The first-order valence-electron chi connectivity index (χ1n) is 6.22. The molecule has 0 spiro atoms. The highest BCUT2D eigenvalue weighted by Gasteiger charge is 2.30. The second-order valence-electron chi connectivity index (χ2n) is 5.63. The Bertz CT molecular complexity index is 762. The van der Waals surface area contributed by atoms with Crippen LogP contribution in [0.25, 0.3) is 11.3 Å². The van der Waals surface area contributed by atoms with Crippen LogP contribution in [0.15, 0.2) is 23.6 Å². The summed E-state index contributed by atoms with van der Waals surface area (Å²) in [6, 6.07) is 3.48. The molecule has 21 heavy (non-hydrogen) atoms. The monoisotopic (exact) mass is 331 g/mol. The van der Waals surface area contributed by atoms with Gasteiger partial charge in [-0.1, -0.05) is 0 Å². The molecule has 1 aromatic heterocycles. The summed E-state index contributed by atoms with van der Waals surface area (Å²) in [6.45, 7) is 4.89. The lowest BCUT2D eigenvalue weighted by Gasteiger charge is -2.17. The topological polar surface area (TPSA) is 47.0 Å². The Balaban J connectivity index is 2.28. The third-order valence-corrected chi connectivity index (χ3v) is 6.56. The molecule has 0 aliphatic carbocycles. The van der Waals surface area contributed by atoms with E-state index in [0.717, 1.165) is 12.1 Å². The number of thiazole rings is 1. The number of halogens is 2. The van der Waals surface area contributed by atoms with E-state index >= 15 is 0 Å². The predicted octanol–water partition coefficient (Wildman–Crippen LogP) is 3.80. The van der Waals surface area contributed by atoms with Gasteiger partial charge >= 0.3 is 0 Å². The zero-order valence-electron chi connectivity index (χ0n) is 11.9. The lowest BCUT2D eigenvalue weighted by atomic mass is 10.2. The molecule has 2 rings (SSSR count). The van der Waals surface area contributed by atoms with Gasteiger partial charge in [0.05, 0.1) is 10.4 Å². The molecule has 1 aromatic carbocycles. The molecule has 0 aliphatic heterocycles. The molecule has 0 amide bonds. The Morgan fingerprint density at radius 2 is 1.86 bits per heavy atom. The zero-order chi connectivity index (χ0) is 15.8. The van der Waals surface area contributed by atoms with E-state index in [9.17, 15) is 17.2 Å². The molecule has 0 N–H and O–H groups in total. The van der Waals surface area contributed by atoms with Gasteiger partial charge in [0.1, 0.15) is 10.8 Å². The quantitative estimate of drug-likeness (QED) is 0.859. The molecule has 0 saturated heterocycles. The van der Waals surface area contributed by atoms with E-state index in [1.165, 1.54) is 17.4 Å². The molecule has 0 unspecified atom stereocenters. The van der Waals surface area contributed by atoms with E-state index in [-0.39, 0.29) is 5.75 Å². The fourth-order valence-corrected chi connectivity index (χ4v) is 3.69. The van der Waals surface area contributed by atoms with Crippen LogP contribution >= 0.6 is 11.3 Å². The van der Waals surface area contributed by atoms with Crippen molar-refractivity contribution in [3.8, 4) is 11.3 Å². The van der Waals surface area contributed by atoms with E-state index in [1.54, 1.807) is 26.2 Å². The van der Waals surface area contributed by atoms with Crippen molar-refractivity contribution in [1.29, 1.82) is 0 Å². The molecular formula is C14H15F2NO2S2. The molecular weight excluding hydrogens is 316 g/mol. The van der Waals surface area contributed by atoms with Crippen LogP contribution in [0.5, 0.6) is 0 Å². The standard InChI is InChI=1S/C14H15F2NO2S2/c1-14(2,3)21(18,19)8-13-17-12(7-20-13)9-4-5-10(15)11(16)6-9/h4-7H,8H2,1-3H3. The average molecular weight is 331 g/mol. The van der Waals surface area contributed by atoms with Gasteiger partial charge in [-0.05, 0) is 39.0 Å². The zero-order valence-corrected chi connectivity index (χ0v) is 13.5. The highest BCUT2D eigenvalue weighted by molar-refractivity contribution is 7.92. The Morgan fingerprint density at radius 1 is 1.19 bits per heavy atom. The fourth-order valence-electron chi connectivity index (χ4n) is 1.54. The van der Waals surface area contributed by atoms with Crippen molar-refractivity contribution in [3.63, 3.8) is 0 Å². The van der Waals surface area contributed by atoms with Crippen molar-refractivity contribution in [2.45, 2.75) is 31.3 Å². The van der Waals surface area contributed by atoms with Crippen LogP contribution in [0.3, 0.4) is 0 Å². The summed E-state index contributed by atoms with van der Waals surface area (Å²) < 4.78 is 49.5. The Labute approximate surface area is 126 Å². The molecule has 0 aliphatic rings. The van der Waals surface area contributed by atoms with Crippen molar-refractivity contribution in [1.82, 2.24) is 4.98 Å². The van der Waals surface area contributed by atoms with Gasteiger partial charge in [0.25, 0.3) is 0 Å². The summed E-state index contributed by atoms with van der Waals surface area (Å²) in [6.07, 6.45) is 0. The average Bonchev–Trinajstić information content (AvgIpc) is 2.79. The van der Waals surface area contributed by atoms with E-state index < -0.39 is 26.2 Å². The van der Waals surface area contributed by atoms with Gasteiger partial charge in [-0.3, -0.25) is 0 Å². The first kappa shape index (κ1) is 16.0. The van der Waals surface area contributed by atoms with Crippen LogP contribution in [-0.2, 0) is 15.6 Å². The molecule has 7 heteroatoms. The van der Waals surface area contributed by atoms with Crippen molar-refractivity contribution < 1.29 is 17.2 Å². The predicted molar refractivity (Wildman–Crippen MR) is 79.8 cm³/mol. The van der Waals surface area contributed by atoms with Gasteiger partial charge < -0.3 is 0 Å². The summed E-state index contributed by atoms with van der Waals surface area (Å²) in [5, 5.41) is 2.07. The minimum absolute atomic E-state index is 0.162. The Hall–Kier alpha value is -1.34. The lowest BCUT2D eigenvalue weighted by molar-refractivity contribution is 0.509. The minimum atomic E-state index is -3.32. The maximum Gasteiger partial charge on any atom is 0.161 e. The number of benzene rings is 1. The smallest absolute Gasteiger partial charge is 0.161 e. The Morgan fingerprint density at radius 3 is 2.43 bits per heavy atom. The minimum Gasteiger partial charge on any atom is -0.240 e. The molecule has 0 radical (unpaired) electrons. The van der Waals surface area contributed by atoms with Crippen LogP contribution in [-0.4, -0.2) is 18.1 Å². The third kappa shape index (κ3) is 3.47. The second-order valence-corrected chi connectivity index (χ2v) is 9.31. The first-order valence-corrected chi connectivity index (χ1v) is 8.75. The van der Waals surface area contributed by atoms with E-state index in [1.807, 2.05) is 0 Å². The summed E-state index contributed by atoms with van der Waals surface area (Å²) in [5.41, 5.74) is 0.863. The van der Waals surface area contributed by atoms with Crippen LogP contribution in [0.4, 0.5) is 8.78 Å². The third-order valence-electron chi connectivity index (χ3n) is 3.01. The van der Waals surface area contributed by atoms with Crippen LogP contribution in [0.2, 0.25) is 0 Å². The largest absolute Gasteiger partial charge is 0.240 e. The number of sulfone groups is 1. The van der Waals surface area contributed by atoms with Gasteiger partial charge in [0, 0.05) is 10.9 Å². The summed E-state index contributed by atoms with van der Waals surface area (Å²) in [5.74, 6) is -2.04. The van der Waals surface area contributed by atoms with E-state index in [0.29, 0.717) is 16.3 Å². The normalized spacial score (nSPS) is 12.6. The molecule has 114 valence electrons. The summed E-state index contributed by atoms with van der Waals surface area (Å²) in [4.78, 5) is 4.20. The molecule has 0 atom stereocenters. The van der Waals surface area contributed by atoms with Gasteiger partial charge in [-0.25, -0.2) is 22.2 Å². The molecule has 0 fully saturated rings. The number of hydrogen-bond donors (Lipinski definition) is 0. The molecule has 2 aromatic rings. The summed E-state index contributed by atoms with van der Waals surface area (Å²) in [7, 11) is -3.32. The van der Waals surface area contributed by atoms with Crippen LogP contribution in [0, 0.1) is 11.6 Å². The lowest BCUT2D eigenvalue weighted by Crippen LogP contribution is -2.29. The van der Waals surface area contributed by atoms with Crippen molar-refractivity contribution in [2.24, 2.45) is 0 Å². The molecule has 0 saturated carbocycles. The van der Waals surface area contributed by atoms with E-state index in [4.69, 9.17) is 0 Å². The SMILES string of the molecule is CC(C)(C)S(=O)(=O)Cc1nc(-c2ccc(F)c(F)c2)cs1. The van der Waals surface area contributed by atoms with Gasteiger partial charge in [0.15, 0.2) is 21.5 Å². The summed E-state index contributed by atoms with van der Waals surface area (Å²) >= 11 is 1.19. The van der Waals surface area contributed by atoms with Gasteiger partial charge in [-0.2, -0.15) is 0 Å². The molecule has 3 nitrogen and oxygen atoms in total. The highest BCUT2D eigenvalue weighted by Crippen LogP contribution is 2.27. The van der Waals surface area contributed by atoms with E-state index in [2.05, 4.69) is 4.98 Å². The van der Waals surface area contributed by atoms with Crippen molar-refractivity contribution >= 4 is 21.2 Å². The molecule has 0 bridgehead atoms. The number of nitrogens with zero attached hydrogens (tertiary/aromatic N) is 1. The molecule has 1 heterocycles. The Kier molecular flexibility index (Phi) is 4.17. The first-order chi connectivity index (χ1) is 9.60. The van der Waals surface area contributed by atoms with Crippen molar-refractivity contribution in [2.75, 3.05) is 0 Å². The second kappa shape index (κ2) is 5.46. The maximum absolute atomic E-state index is 13.2. The number of rotatable bonds is 3. The van der Waals surface area contributed by atoms with Crippen LogP contribution < -0.4 is 0 Å². The van der Waals surface area contributed by atoms with Crippen LogP contribution in [0.1, 0.15) is 25.8 Å². The maximum atomic E-state index is 13.2. The van der Waals surface area contributed by atoms with Gasteiger partial charge in [-0.15, -0.1) is 11.3 Å². The fraction of sp³-hybridized carbons (Fsp3) is 0.357. The number of hydrogen-bond acceptors (Lipinski definition) is 4. The van der Waals surface area contributed by atoms with Crippen molar-refractivity contribution in [3.05, 3.63) is 40.2 Å². The number of aromatic nitrogens is 1. The highest BCUT2D eigenvalue weighted by atomic mass is 32.2. The van der Waals surface area contributed by atoms with Gasteiger partial charge in [0.2, 0.25) is 0 Å².